The van der Waals surface area contributed by atoms with Gasteiger partial charge in [0.1, 0.15) is 19.8 Å². The van der Waals surface area contributed by atoms with Crippen LogP contribution in [0.1, 0.15) is 155 Å². The molecule has 0 bridgehead atoms. The van der Waals surface area contributed by atoms with Gasteiger partial charge < -0.3 is 18.9 Å². The average molecular weight is 937 g/mol. The van der Waals surface area contributed by atoms with E-state index in [2.05, 4.69) is 148 Å². The van der Waals surface area contributed by atoms with Crippen molar-refractivity contribution in [3.63, 3.8) is 0 Å². The number of carbonyl (C=O) groups excluding carboxylic acids is 2. The van der Waals surface area contributed by atoms with Gasteiger partial charge >= 0.3 is 19.8 Å². The van der Waals surface area contributed by atoms with E-state index in [4.69, 9.17) is 18.5 Å². The van der Waals surface area contributed by atoms with Gasteiger partial charge in [-0.2, -0.15) is 0 Å². The van der Waals surface area contributed by atoms with E-state index in [1.165, 1.54) is 0 Å². The van der Waals surface area contributed by atoms with Crippen LogP contribution in [-0.4, -0.2) is 74.9 Å². The minimum absolute atomic E-state index is 0.0179. The Hall–Kier alpha value is -3.85. The van der Waals surface area contributed by atoms with Crippen LogP contribution in [0.5, 0.6) is 0 Å². The Morgan fingerprint density at radius 3 is 1.27 bits per heavy atom. The van der Waals surface area contributed by atoms with Crippen LogP contribution in [0.2, 0.25) is 0 Å². The van der Waals surface area contributed by atoms with E-state index in [1.807, 2.05) is 21.1 Å². The monoisotopic (exact) mass is 937 g/mol. The summed E-state index contributed by atoms with van der Waals surface area (Å²) in [5.41, 5.74) is 0. The molecule has 2 unspecified atom stereocenters. The average Bonchev–Trinajstić information content (AvgIpc) is 3.27. The van der Waals surface area contributed by atoms with Crippen molar-refractivity contribution in [3.05, 3.63) is 134 Å². The molecule has 0 saturated heterocycles. The number of nitrogens with zero attached hydrogens (tertiary/aromatic N) is 1. The minimum atomic E-state index is -4.38. The molecule has 2 atom stereocenters. The van der Waals surface area contributed by atoms with Gasteiger partial charge in [0.2, 0.25) is 0 Å². The lowest BCUT2D eigenvalue weighted by Crippen LogP contribution is -2.37. The number of unbranched alkanes of at least 4 members (excludes halogenated alkanes) is 7. The molecule has 0 heterocycles. The lowest BCUT2D eigenvalue weighted by Gasteiger charge is -2.24. The van der Waals surface area contributed by atoms with Crippen molar-refractivity contribution in [3.8, 4) is 0 Å². The predicted molar refractivity (Wildman–Crippen MR) is 279 cm³/mol. The van der Waals surface area contributed by atoms with Crippen LogP contribution >= 0.6 is 7.82 Å². The third kappa shape index (κ3) is 49.6. The highest BCUT2D eigenvalue weighted by atomic mass is 31.2. The van der Waals surface area contributed by atoms with E-state index in [1.54, 1.807) is 0 Å². The smallest absolute Gasteiger partial charge is 0.462 e. The quantitative estimate of drug-likeness (QED) is 0.0212. The summed E-state index contributed by atoms with van der Waals surface area (Å²) < 4.78 is 34.0. The van der Waals surface area contributed by atoms with Gasteiger partial charge in [-0.3, -0.25) is 18.6 Å². The zero-order chi connectivity index (χ0) is 48.5. The first-order valence-electron chi connectivity index (χ1n) is 24.9. The lowest BCUT2D eigenvalue weighted by molar-refractivity contribution is -0.870. The third-order valence-electron chi connectivity index (χ3n) is 9.70. The van der Waals surface area contributed by atoms with Gasteiger partial charge in [0.25, 0.3) is 0 Å². The molecule has 0 amide bonds. The van der Waals surface area contributed by atoms with E-state index in [0.717, 1.165) is 122 Å². The first-order chi connectivity index (χ1) is 32.0. The molecular formula is C56H91NO8P+. The summed E-state index contributed by atoms with van der Waals surface area (Å²) in [5.74, 6) is -0.865. The van der Waals surface area contributed by atoms with Crippen LogP contribution in [0, 0.1) is 0 Å². The number of phosphoric acid groups is 1. The molecule has 1 N–H and O–H groups in total. The van der Waals surface area contributed by atoms with E-state index in [0.29, 0.717) is 17.4 Å². The highest BCUT2D eigenvalue weighted by Crippen LogP contribution is 2.43. The molecule has 0 saturated carbocycles. The van der Waals surface area contributed by atoms with Gasteiger partial charge in [-0.1, -0.05) is 180 Å². The Bertz CT molecular complexity index is 1570. The molecule has 66 heavy (non-hydrogen) atoms. The van der Waals surface area contributed by atoms with Gasteiger partial charge in [-0.05, 0) is 96.3 Å². The number of hydrogen-bond acceptors (Lipinski definition) is 7. The fourth-order valence-corrected chi connectivity index (χ4v) is 6.58. The fraction of sp³-hybridized carbons (Fsp3) is 0.571. The van der Waals surface area contributed by atoms with Crippen molar-refractivity contribution >= 4 is 19.8 Å². The SMILES string of the molecule is CC/C=C\C/C=C\C/C=C\C/C=C\C/C=C\C/C=C\C/C=C\C/C=C\C/C=C\C/C=C\C/C=C\CCCCCC(=O)OC(COC(=O)CCCCCCC)COP(=O)(O)OCC[N+](C)(C)C. The standard InChI is InChI=1S/C56H90NO8P/c1-6-8-10-12-13-14-15-16-17-18-19-20-21-22-23-24-25-26-27-28-29-30-31-32-33-34-35-36-37-38-39-40-41-42-43-45-47-49-56(59)65-54(52-62-55(58)48-46-44-11-9-7-2)53-64-66(60,61)63-51-50-57(3,4)5/h8,10,13-14,16-17,19-20,22-23,25-26,28-29,31-32,34-35,37-38,40-41,54H,6-7,9,11-12,15,18,21,24,27,30,33,36,39,42-53H2,1-5H3/p+1/b10-8-,14-13-,17-16-,20-19-,23-22-,26-25-,29-28-,32-31-,35-34-,38-37-,41-40-. The second kappa shape index (κ2) is 46.3. The summed E-state index contributed by atoms with van der Waals surface area (Å²) in [7, 11) is 1.43. The molecule has 0 rings (SSSR count). The summed E-state index contributed by atoms with van der Waals surface area (Å²) in [6, 6.07) is 0. The molecule has 372 valence electrons. The minimum Gasteiger partial charge on any atom is -0.462 e. The normalized spacial score (nSPS) is 14.6. The largest absolute Gasteiger partial charge is 0.472 e. The molecule has 0 spiro atoms. The van der Waals surface area contributed by atoms with Crippen LogP contribution in [0.3, 0.4) is 0 Å². The van der Waals surface area contributed by atoms with Crippen LogP contribution in [0.4, 0.5) is 0 Å². The Morgan fingerprint density at radius 2 is 0.864 bits per heavy atom. The van der Waals surface area contributed by atoms with Crippen molar-refractivity contribution in [2.75, 3.05) is 47.5 Å². The number of carbonyl (C=O) groups is 2. The molecule has 0 aliphatic heterocycles. The van der Waals surface area contributed by atoms with Gasteiger partial charge in [-0.15, -0.1) is 0 Å². The fourth-order valence-electron chi connectivity index (χ4n) is 5.84. The predicted octanol–water partition coefficient (Wildman–Crippen LogP) is 15.0. The number of esters is 2. The summed E-state index contributed by atoms with van der Waals surface area (Å²) in [6.07, 6.45) is 67.2. The molecule has 0 fully saturated rings. The molecule has 0 aliphatic rings. The maximum atomic E-state index is 12.6. The Balaban J connectivity index is 4.13. The molecule has 10 heteroatoms. The number of phosphoric ester groups is 1. The number of ether oxygens (including phenoxy) is 2. The first-order valence-corrected chi connectivity index (χ1v) is 26.4. The Morgan fingerprint density at radius 1 is 0.485 bits per heavy atom. The van der Waals surface area contributed by atoms with Crippen molar-refractivity contribution in [2.24, 2.45) is 0 Å². The highest BCUT2D eigenvalue weighted by molar-refractivity contribution is 7.47. The number of allylic oxidation sites excluding steroid dienone is 22. The van der Waals surface area contributed by atoms with Gasteiger partial charge in [0, 0.05) is 12.8 Å². The molecule has 0 aliphatic carbocycles. The summed E-state index contributed by atoms with van der Waals surface area (Å²) in [4.78, 5) is 35.1. The topological polar surface area (TPSA) is 108 Å². The number of hydrogen-bond donors (Lipinski definition) is 1. The molecule has 0 aromatic rings. The lowest BCUT2D eigenvalue weighted by atomic mass is 10.1. The van der Waals surface area contributed by atoms with Gasteiger partial charge in [0.05, 0.1) is 27.7 Å². The molecule has 0 aromatic carbocycles. The summed E-state index contributed by atoms with van der Waals surface area (Å²) >= 11 is 0. The second-order valence-corrected chi connectivity index (χ2v) is 18.6. The maximum Gasteiger partial charge on any atom is 0.472 e. The second-order valence-electron chi connectivity index (χ2n) is 17.1. The van der Waals surface area contributed by atoms with E-state index in [-0.39, 0.29) is 26.1 Å². The zero-order valence-corrected chi connectivity index (χ0v) is 42.8. The molecule has 9 nitrogen and oxygen atoms in total. The summed E-state index contributed by atoms with van der Waals surface area (Å²) in [5, 5.41) is 0. The number of rotatable bonds is 43. The van der Waals surface area contributed by atoms with Crippen molar-refractivity contribution in [1.82, 2.24) is 0 Å². The van der Waals surface area contributed by atoms with Crippen molar-refractivity contribution < 1.29 is 42.1 Å². The first kappa shape index (κ1) is 62.1. The number of likely N-dealkylation sites (N-methyl/N-ethyl adjacent to an activating group) is 1. The van der Waals surface area contributed by atoms with Crippen molar-refractivity contribution in [2.45, 2.75) is 161 Å². The van der Waals surface area contributed by atoms with E-state index in [9.17, 15) is 19.0 Å². The molecular weight excluding hydrogens is 846 g/mol. The van der Waals surface area contributed by atoms with Crippen LogP contribution in [-0.2, 0) is 32.7 Å². The molecule has 0 aromatic heterocycles. The zero-order valence-electron chi connectivity index (χ0n) is 41.9. The highest BCUT2D eigenvalue weighted by Gasteiger charge is 2.27. The van der Waals surface area contributed by atoms with E-state index >= 15 is 0 Å². The number of quaternary nitrogens is 1. The maximum absolute atomic E-state index is 12.6. The van der Waals surface area contributed by atoms with Gasteiger partial charge in [0.15, 0.2) is 6.10 Å². The van der Waals surface area contributed by atoms with E-state index < -0.39 is 32.5 Å². The van der Waals surface area contributed by atoms with Crippen LogP contribution < -0.4 is 0 Å². The Labute approximate surface area is 402 Å². The molecule has 0 radical (unpaired) electrons. The van der Waals surface area contributed by atoms with Crippen LogP contribution in [0.25, 0.3) is 0 Å². The van der Waals surface area contributed by atoms with Crippen LogP contribution in [0.15, 0.2) is 134 Å². The van der Waals surface area contributed by atoms with Crippen molar-refractivity contribution in [1.29, 1.82) is 0 Å². The summed E-state index contributed by atoms with van der Waals surface area (Å²) in [6.45, 7) is 4.13. The van der Waals surface area contributed by atoms with Gasteiger partial charge in [-0.25, -0.2) is 4.57 Å². The third-order valence-corrected chi connectivity index (χ3v) is 10.7. The Kier molecular flexibility index (Phi) is 43.6.